The van der Waals surface area contributed by atoms with Crippen molar-refractivity contribution in [3.05, 3.63) is 77.5 Å². The van der Waals surface area contributed by atoms with E-state index in [2.05, 4.69) is 4.98 Å². The second kappa shape index (κ2) is 10.0. The van der Waals surface area contributed by atoms with Crippen LogP contribution in [-0.2, 0) is 6.18 Å². The summed E-state index contributed by atoms with van der Waals surface area (Å²) in [7, 11) is 1.50. The van der Waals surface area contributed by atoms with Gasteiger partial charge in [0.15, 0.2) is 0 Å². The Morgan fingerprint density at radius 3 is 2.42 bits per heavy atom. The van der Waals surface area contributed by atoms with Crippen LogP contribution in [0, 0.1) is 0 Å². The smallest absolute Gasteiger partial charge is 0.416 e. The van der Waals surface area contributed by atoms with Gasteiger partial charge in [0, 0.05) is 19.2 Å². The molecule has 2 aromatic carbocycles. The molecule has 0 aliphatic heterocycles. The number of pyridine rings is 1. The predicted octanol–water partition coefficient (Wildman–Crippen LogP) is 4.68. The monoisotopic (exact) mass is 460 g/mol. The van der Waals surface area contributed by atoms with E-state index >= 15 is 0 Å². The third-order valence-electron chi connectivity index (χ3n) is 5.02. The normalized spacial score (nSPS) is 12.3. The van der Waals surface area contributed by atoms with E-state index < -0.39 is 30.4 Å². The van der Waals surface area contributed by atoms with Crippen LogP contribution >= 0.6 is 0 Å². The minimum absolute atomic E-state index is 0.00670. The quantitative estimate of drug-likeness (QED) is 0.535. The molecule has 0 spiro atoms. The molecule has 3 rings (SSSR count). The molecule has 0 saturated carbocycles. The average molecular weight is 460 g/mol. The summed E-state index contributed by atoms with van der Waals surface area (Å²) in [6.07, 6.45) is -5.69. The molecule has 2 N–H and O–H groups in total. The van der Waals surface area contributed by atoms with Gasteiger partial charge < -0.3 is 19.8 Å². The van der Waals surface area contributed by atoms with Crippen molar-refractivity contribution in [1.29, 1.82) is 0 Å². The van der Waals surface area contributed by atoms with Crippen LogP contribution in [0.4, 0.5) is 13.2 Å². The van der Waals surface area contributed by atoms with Crippen molar-refractivity contribution in [2.45, 2.75) is 19.2 Å². The maximum Gasteiger partial charge on any atom is 0.416 e. The van der Waals surface area contributed by atoms with Crippen LogP contribution in [0.25, 0.3) is 11.3 Å². The molecular formula is C24H23F3N2O4. The van der Waals surface area contributed by atoms with E-state index in [0.717, 1.165) is 18.2 Å². The van der Waals surface area contributed by atoms with E-state index in [1.807, 2.05) is 0 Å². The van der Waals surface area contributed by atoms with Crippen molar-refractivity contribution in [2.75, 3.05) is 20.2 Å². The molecule has 174 valence electrons. The molecule has 1 unspecified atom stereocenters. The van der Waals surface area contributed by atoms with Gasteiger partial charge in [-0.2, -0.15) is 13.2 Å². The summed E-state index contributed by atoms with van der Waals surface area (Å²) in [5.74, 6) is -0.260. The molecule has 0 aliphatic rings. The Balaban J connectivity index is 1.90. The Hall–Kier alpha value is -3.43. The second-order valence-electron chi connectivity index (χ2n) is 7.30. The molecule has 3 aromatic rings. The lowest BCUT2D eigenvalue weighted by atomic mass is 10.1. The standard InChI is InChI=1S/C24H23F3N2O4/c1-3-29(2)23(32)18-13-16(24(25,26)27)9-12-22(18)33-17-10-7-15(8-11-17)19-5-4-6-20(28-19)21(31)14-30/h4-13,21,30-31H,3,14H2,1-2H3. The van der Waals surface area contributed by atoms with Crippen LogP contribution in [0.2, 0.25) is 0 Å². The summed E-state index contributed by atoms with van der Waals surface area (Å²) < 4.78 is 45.3. The summed E-state index contributed by atoms with van der Waals surface area (Å²) >= 11 is 0. The highest BCUT2D eigenvalue weighted by Crippen LogP contribution is 2.35. The highest BCUT2D eigenvalue weighted by atomic mass is 19.4. The third-order valence-corrected chi connectivity index (χ3v) is 5.02. The van der Waals surface area contributed by atoms with Crippen LogP contribution < -0.4 is 4.74 Å². The molecule has 33 heavy (non-hydrogen) atoms. The van der Waals surface area contributed by atoms with Gasteiger partial charge in [-0.05, 0) is 61.5 Å². The van der Waals surface area contributed by atoms with Crippen LogP contribution in [-0.4, -0.2) is 46.2 Å². The Morgan fingerprint density at radius 2 is 1.82 bits per heavy atom. The van der Waals surface area contributed by atoms with E-state index in [1.54, 1.807) is 49.4 Å². The first-order chi connectivity index (χ1) is 15.6. The van der Waals surface area contributed by atoms with Crippen LogP contribution in [0.15, 0.2) is 60.7 Å². The second-order valence-corrected chi connectivity index (χ2v) is 7.30. The molecular weight excluding hydrogens is 437 g/mol. The predicted molar refractivity (Wildman–Crippen MR) is 116 cm³/mol. The summed E-state index contributed by atoms with van der Waals surface area (Å²) in [6.45, 7) is 1.58. The fourth-order valence-corrected chi connectivity index (χ4v) is 3.02. The summed E-state index contributed by atoms with van der Waals surface area (Å²) in [5, 5.41) is 18.9. The lowest BCUT2D eigenvalue weighted by Crippen LogP contribution is -2.27. The fraction of sp³-hybridized carbons (Fsp3) is 0.250. The van der Waals surface area contributed by atoms with Gasteiger partial charge in [0.25, 0.3) is 5.91 Å². The van der Waals surface area contributed by atoms with Gasteiger partial charge in [0.2, 0.25) is 0 Å². The molecule has 0 radical (unpaired) electrons. The minimum atomic E-state index is -4.59. The van der Waals surface area contributed by atoms with E-state index in [9.17, 15) is 23.1 Å². The van der Waals surface area contributed by atoms with E-state index in [1.165, 1.54) is 11.9 Å². The topological polar surface area (TPSA) is 82.9 Å². The molecule has 9 heteroatoms. The number of nitrogens with zero attached hydrogens (tertiary/aromatic N) is 2. The largest absolute Gasteiger partial charge is 0.457 e. The number of carbonyl (C=O) groups excluding carboxylic acids is 1. The maximum atomic E-state index is 13.2. The number of amides is 1. The van der Waals surface area contributed by atoms with E-state index in [-0.39, 0.29) is 11.3 Å². The van der Waals surface area contributed by atoms with Gasteiger partial charge in [-0.3, -0.25) is 4.79 Å². The molecule has 0 bridgehead atoms. The number of aliphatic hydroxyl groups excluding tert-OH is 2. The molecule has 0 aliphatic carbocycles. The van der Waals surface area contributed by atoms with Crippen LogP contribution in [0.3, 0.4) is 0 Å². The van der Waals surface area contributed by atoms with Crippen molar-refractivity contribution in [2.24, 2.45) is 0 Å². The first kappa shape index (κ1) is 24.2. The molecule has 1 heterocycles. The van der Waals surface area contributed by atoms with Crippen molar-refractivity contribution < 1.29 is 32.9 Å². The number of alkyl halides is 3. The Labute approximate surface area is 188 Å². The number of rotatable bonds is 7. The van der Waals surface area contributed by atoms with Gasteiger partial charge in [0.1, 0.15) is 17.6 Å². The summed E-state index contributed by atoms with van der Waals surface area (Å²) in [5.41, 5.74) is 0.452. The number of aromatic nitrogens is 1. The highest BCUT2D eigenvalue weighted by molar-refractivity contribution is 5.97. The van der Waals surface area contributed by atoms with Gasteiger partial charge in [-0.15, -0.1) is 0 Å². The van der Waals surface area contributed by atoms with Gasteiger partial charge in [0.05, 0.1) is 29.1 Å². The summed E-state index contributed by atoms with van der Waals surface area (Å²) in [6, 6.07) is 14.4. The summed E-state index contributed by atoms with van der Waals surface area (Å²) in [4.78, 5) is 18.3. The average Bonchev–Trinajstić information content (AvgIpc) is 2.82. The Kier molecular flexibility index (Phi) is 7.35. The zero-order valence-corrected chi connectivity index (χ0v) is 18.0. The number of hydrogen-bond donors (Lipinski definition) is 2. The molecule has 1 aromatic heterocycles. The number of hydrogen-bond acceptors (Lipinski definition) is 5. The molecule has 6 nitrogen and oxygen atoms in total. The Morgan fingerprint density at radius 1 is 1.12 bits per heavy atom. The van der Waals surface area contributed by atoms with Crippen LogP contribution in [0.1, 0.15) is 34.6 Å². The fourth-order valence-electron chi connectivity index (χ4n) is 3.02. The molecule has 0 saturated heterocycles. The van der Waals surface area contributed by atoms with Crippen molar-refractivity contribution in [3.63, 3.8) is 0 Å². The van der Waals surface area contributed by atoms with Crippen LogP contribution in [0.5, 0.6) is 11.5 Å². The first-order valence-corrected chi connectivity index (χ1v) is 10.1. The van der Waals surface area contributed by atoms with E-state index in [0.29, 0.717) is 29.2 Å². The molecule has 0 fully saturated rings. The number of ether oxygens (including phenoxy) is 1. The van der Waals surface area contributed by atoms with Gasteiger partial charge >= 0.3 is 6.18 Å². The van der Waals surface area contributed by atoms with E-state index in [4.69, 9.17) is 9.84 Å². The lowest BCUT2D eigenvalue weighted by molar-refractivity contribution is -0.137. The number of aliphatic hydroxyl groups is 2. The van der Waals surface area contributed by atoms with Crippen molar-refractivity contribution in [3.8, 4) is 22.8 Å². The molecule has 1 atom stereocenters. The zero-order chi connectivity index (χ0) is 24.2. The SMILES string of the molecule is CCN(C)C(=O)c1cc(C(F)(F)F)ccc1Oc1ccc(-c2cccc(C(O)CO)n2)cc1. The van der Waals surface area contributed by atoms with Gasteiger partial charge in [-0.1, -0.05) is 6.07 Å². The number of carbonyl (C=O) groups is 1. The number of benzene rings is 2. The Bertz CT molecular complexity index is 1120. The minimum Gasteiger partial charge on any atom is -0.457 e. The lowest BCUT2D eigenvalue weighted by Gasteiger charge is -2.19. The zero-order valence-electron chi connectivity index (χ0n) is 18.0. The number of halogens is 3. The van der Waals surface area contributed by atoms with Crippen molar-refractivity contribution >= 4 is 5.91 Å². The highest BCUT2D eigenvalue weighted by Gasteiger charge is 2.32. The maximum absolute atomic E-state index is 13.2. The van der Waals surface area contributed by atoms with Crippen molar-refractivity contribution in [1.82, 2.24) is 9.88 Å². The molecule has 1 amide bonds. The van der Waals surface area contributed by atoms with Gasteiger partial charge in [-0.25, -0.2) is 4.98 Å². The first-order valence-electron chi connectivity index (χ1n) is 10.1. The third kappa shape index (κ3) is 5.68.